The van der Waals surface area contributed by atoms with Gasteiger partial charge in [-0.3, -0.25) is 4.79 Å². The lowest BCUT2D eigenvalue weighted by atomic mass is 10.1. The largest absolute Gasteiger partial charge is 0.469 e. The Balaban J connectivity index is 2.08. The van der Waals surface area contributed by atoms with Crippen molar-refractivity contribution in [2.75, 3.05) is 0 Å². The van der Waals surface area contributed by atoms with Crippen molar-refractivity contribution in [1.82, 2.24) is 5.32 Å². The first-order valence-electron chi connectivity index (χ1n) is 5.99. The number of hydrogen-bond acceptors (Lipinski definition) is 2. The lowest BCUT2D eigenvalue weighted by molar-refractivity contribution is 0.0938. The molecule has 2 aromatic rings. The molecule has 0 aliphatic heterocycles. The molecule has 0 spiro atoms. The maximum atomic E-state index is 12.0. The highest BCUT2D eigenvalue weighted by Crippen LogP contribution is 2.15. The second kappa shape index (κ2) is 5.08. The predicted octanol–water partition coefficient (Wildman–Crippen LogP) is 3.39. The Bertz CT molecular complexity index is 540. The number of carbonyl (C=O) groups excluding carboxylic acids is 1. The predicted molar refractivity (Wildman–Crippen MR) is 70.5 cm³/mol. The average Bonchev–Trinajstić information content (AvgIpc) is 2.76. The van der Waals surface area contributed by atoms with Crippen LogP contribution in [0.3, 0.4) is 0 Å². The highest BCUT2D eigenvalue weighted by molar-refractivity contribution is 5.95. The Morgan fingerprint density at radius 1 is 1.17 bits per heavy atom. The number of aryl methyl sites for hydroxylation is 2. The van der Waals surface area contributed by atoms with Gasteiger partial charge in [0.15, 0.2) is 0 Å². The zero-order chi connectivity index (χ0) is 13.1. The number of nitrogens with one attached hydrogen (secondary N) is 1. The van der Waals surface area contributed by atoms with Gasteiger partial charge in [0, 0.05) is 0 Å². The highest BCUT2D eigenvalue weighted by Gasteiger charge is 2.14. The molecule has 0 fully saturated rings. The number of rotatable bonds is 3. The second-order valence-corrected chi connectivity index (χ2v) is 4.50. The van der Waals surface area contributed by atoms with E-state index >= 15 is 0 Å². The fraction of sp³-hybridized carbons (Fsp3) is 0.267. The summed E-state index contributed by atoms with van der Waals surface area (Å²) in [4.78, 5) is 12.0. The molecule has 1 N–H and O–H groups in total. The van der Waals surface area contributed by atoms with Crippen molar-refractivity contribution >= 4 is 5.91 Å². The minimum atomic E-state index is -0.102. The van der Waals surface area contributed by atoms with Crippen molar-refractivity contribution in [3.05, 3.63) is 59.0 Å². The third-order valence-corrected chi connectivity index (χ3v) is 3.03. The number of carbonyl (C=O) groups is 1. The standard InChI is InChI=1S/C15H17NO2/c1-10-4-6-13(7-5-10)11(2)16-15(17)14-8-9-18-12(14)3/h4-9,11H,1-3H3,(H,16,17). The monoisotopic (exact) mass is 243 g/mol. The third-order valence-electron chi connectivity index (χ3n) is 3.03. The molecule has 18 heavy (non-hydrogen) atoms. The van der Waals surface area contributed by atoms with Crippen LogP contribution in [0.5, 0.6) is 0 Å². The van der Waals surface area contributed by atoms with Crippen molar-refractivity contribution in [3.8, 4) is 0 Å². The number of amides is 1. The van der Waals surface area contributed by atoms with Crippen LogP contribution in [0.15, 0.2) is 41.0 Å². The Morgan fingerprint density at radius 3 is 2.39 bits per heavy atom. The van der Waals surface area contributed by atoms with Crippen molar-refractivity contribution < 1.29 is 9.21 Å². The Labute approximate surface area is 107 Å². The molecule has 0 saturated carbocycles. The SMILES string of the molecule is Cc1ccc(C(C)NC(=O)c2ccoc2C)cc1. The summed E-state index contributed by atoms with van der Waals surface area (Å²) in [6.07, 6.45) is 1.53. The van der Waals surface area contributed by atoms with Gasteiger partial charge in [-0.2, -0.15) is 0 Å². The maximum absolute atomic E-state index is 12.0. The van der Waals surface area contributed by atoms with E-state index in [2.05, 4.69) is 5.32 Å². The van der Waals surface area contributed by atoms with Crippen molar-refractivity contribution in [3.63, 3.8) is 0 Å². The molecule has 3 nitrogen and oxygen atoms in total. The van der Waals surface area contributed by atoms with E-state index in [1.807, 2.05) is 38.1 Å². The molecular weight excluding hydrogens is 226 g/mol. The molecule has 0 aliphatic rings. The molecule has 0 bridgehead atoms. The zero-order valence-electron chi connectivity index (χ0n) is 10.9. The summed E-state index contributed by atoms with van der Waals surface area (Å²) in [5, 5.41) is 2.96. The van der Waals surface area contributed by atoms with Crippen molar-refractivity contribution in [1.29, 1.82) is 0 Å². The molecule has 1 aromatic carbocycles. The Hall–Kier alpha value is -2.03. The first-order valence-corrected chi connectivity index (χ1v) is 5.99. The van der Waals surface area contributed by atoms with Crippen LogP contribution >= 0.6 is 0 Å². The van der Waals surface area contributed by atoms with Crippen LogP contribution in [0.2, 0.25) is 0 Å². The molecule has 0 aliphatic carbocycles. The van der Waals surface area contributed by atoms with Gasteiger partial charge < -0.3 is 9.73 Å². The van der Waals surface area contributed by atoms with Crippen LogP contribution in [0.4, 0.5) is 0 Å². The minimum absolute atomic E-state index is 0.0209. The van der Waals surface area contributed by atoms with E-state index in [0.29, 0.717) is 11.3 Å². The summed E-state index contributed by atoms with van der Waals surface area (Å²) >= 11 is 0. The lowest BCUT2D eigenvalue weighted by Gasteiger charge is -2.14. The zero-order valence-corrected chi connectivity index (χ0v) is 10.9. The van der Waals surface area contributed by atoms with Crippen molar-refractivity contribution in [2.45, 2.75) is 26.8 Å². The van der Waals surface area contributed by atoms with Crippen LogP contribution in [0.25, 0.3) is 0 Å². The van der Waals surface area contributed by atoms with Crippen LogP contribution < -0.4 is 5.32 Å². The molecule has 94 valence electrons. The van der Waals surface area contributed by atoms with E-state index in [-0.39, 0.29) is 11.9 Å². The molecular formula is C15H17NO2. The van der Waals surface area contributed by atoms with Crippen LogP contribution in [-0.4, -0.2) is 5.91 Å². The van der Waals surface area contributed by atoms with Crippen LogP contribution in [0.1, 0.15) is 40.2 Å². The maximum Gasteiger partial charge on any atom is 0.255 e. The smallest absolute Gasteiger partial charge is 0.255 e. The molecule has 1 amide bonds. The van der Waals surface area contributed by atoms with E-state index in [1.54, 1.807) is 13.0 Å². The van der Waals surface area contributed by atoms with Gasteiger partial charge in [0.05, 0.1) is 17.9 Å². The summed E-state index contributed by atoms with van der Waals surface area (Å²) < 4.78 is 5.13. The summed E-state index contributed by atoms with van der Waals surface area (Å²) in [5.41, 5.74) is 2.90. The van der Waals surface area contributed by atoms with Gasteiger partial charge in [-0.1, -0.05) is 29.8 Å². The molecule has 1 aromatic heterocycles. The molecule has 1 atom stereocenters. The fourth-order valence-electron chi connectivity index (χ4n) is 1.83. The topological polar surface area (TPSA) is 42.2 Å². The number of benzene rings is 1. The van der Waals surface area contributed by atoms with E-state index in [0.717, 1.165) is 5.56 Å². The van der Waals surface area contributed by atoms with Gasteiger partial charge in [-0.25, -0.2) is 0 Å². The summed E-state index contributed by atoms with van der Waals surface area (Å²) in [7, 11) is 0. The van der Waals surface area contributed by atoms with E-state index < -0.39 is 0 Å². The third kappa shape index (κ3) is 2.62. The Morgan fingerprint density at radius 2 is 1.83 bits per heavy atom. The molecule has 2 rings (SSSR count). The summed E-state index contributed by atoms with van der Waals surface area (Å²) in [6.45, 7) is 5.80. The summed E-state index contributed by atoms with van der Waals surface area (Å²) in [6, 6.07) is 9.81. The number of furan rings is 1. The normalized spacial score (nSPS) is 12.2. The fourth-order valence-corrected chi connectivity index (χ4v) is 1.83. The average molecular weight is 243 g/mol. The highest BCUT2D eigenvalue weighted by atomic mass is 16.3. The Kier molecular flexibility index (Phi) is 3.51. The van der Waals surface area contributed by atoms with Crippen molar-refractivity contribution in [2.24, 2.45) is 0 Å². The van der Waals surface area contributed by atoms with E-state index in [4.69, 9.17) is 4.42 Å². The minimum Gasteiger partial charge on any atom is -0.469 e. The van der Waals surface area contributed by atoms with E-state index in [9.17, 15) is 4.79 Å². The molecule has 3 heteroatoms. The quantitative estimate of drug-likeness (QED) is 0.897. The molecule has 1 heterocycles. The van der Waals surface area contributed by atoms with Gasteiger partial charge in [0.25, 0.3) is 5.91 Å². The molecule has 0 radical (unpaired) electrons. The van der Waals surface area contributed by atoms with Gasteiger partial charge in [-0.15, -0.1) is 0 Å². The van der Waals surface area contributed by atoms with Gasteiger partial charge >= 0.3 is 0 Å². The lowest BCUT2D eigenvalue weighted by Crippen LogP contribution is -2.26. The first-order chi connectivity index (χ1) is 8.58. The molecule has 0 saturated heterocycles. The second-order valence-electron chi connectivity index (χ2n) is 4.50. The first kappa shape index (κ1) is 12.4. The van der Waals surface area contributed by atoms with Crippen LogP contribution in [-0.2, 0) is 0 Å². The summed E-state index contributed by atoms with van der Waals surface area (Å²) in [5.74, 6) is 0.540. The number of hydrogen-bond donors (Lipinski definition) is 1. The van der Waals surface area contributed by atoms with Gasteiger partial charge in [0.1, 0.15) is 5.76 Å². The van der Waals surface area contributed by atoms with Crippen LogP contribution in [0, 0.1) is 13.8 Å². The molecule has 1 unspecified atom stereocenters. The van der Waals surface area contributed by atoms with Gasteiger partial charge in [-0.05, 0) is 32.4 Å². The van der Waals surface area contributed by atoms with E-state index in [1.165, 1.54) is 11.8 Å². The van der Waals surface area contributed by atoms with Gasteiger partial charge in [0.2, 0.25) is 0 Å².